The fourth-order valence-corrected chi connectivity index (χ4v) is 0.773. The Kier molecular flexibility index (Phi) is 24.2. The third kappa shape index (κ3) is 17.3. The molecule has 6 N–H and O–H groups in total. The van der Waals surface area contributed by atoms with E-state index in [0.717, 1.165) is 0 Å². The minimum atomic E-state index is -2.44. The van der Waals surface area contributed by atoms with E-state index in [4.69, 9.17) is 30.6 Å². The third-order valence-corrected chi connectivity index (χ3v) is 2.35. The molecule has 0 aromatic rings. The molecule has 0 fully saturated rings. The van der Waals surface area contributed by atoms with Crippen LogP contribution in [-0.2, 0) is 62.9 Å². The Bertz CT molecular complexity index is 498. The Hall–Kier alpha value is -2.38. The van der Waals surface area contributed by atoms with E-state index >= 15 is 0 Å². The number of aliphatic hydroxyl groups is 6. The molecule has 0 heterocycles. The second-order valence-electron chi connectivity index (χ2n) is 4.58. The van der Waals surface area contributed by atoms with Crippen molar-refractivity contribution in [1.29, 1.82) is 0 Å². The predicted octanol–water partition coefficient (Wildman–Crippen LogP) is -14.4. The maximum absolute atomic E-state index is 9.63. The van der Waals surface area contributed by atoms with Gasteiger partial charge in [-0.1, -0.05) is 0 Å². The summed E-state index contributed by atoms with van der Waals surface area (Å²) < 4.78 is 0. The first-order valence-electron chi connectivity index (χ1n) is 6.73. The summed E-state index contributed by atoms with van der Waals surface area (Å²) >= 11 is 0. The van der Waals surface area contributed by atoms with Crippen molar-refractivity contribution in [3.63, 3.8) is 0 Å². The fourth-order valence-electron chi connectivity index (χ4n) is 0.773. The van der Waals surface area contributed by atoms with Gasteiger partial charge in [-0.15, -0.1) is 0 Å². The van der Waals surface area contributed by atoms with Crippen molar-refractivity contribution < 1.29 is 124 Å². The molecule has 0 aromatic heterocycles. The zero-order valence-corrected chi connectivity index (χ0v) is 17.0. The molecule has 0 aliphatic rings. The molecule has 32 heavy (non-hydrogen) atoms. The Morgan fingerprint density at radius 2 is 0.406 bits per heavy atom. The summed E-state index contributed by atoms with van der Waals surface area (Å²) in [5, 5.41) is 107. The van der Waals surface area contributed by atoms with Crippen LogP contribution in [0.1, 0.15) is 0 Å². The van der Waals surface area contributed by atoms with Gasteiger partial charge in [-0.05, 0) is 0 Å². The van der Waals surface area contributed by atoms with Gasteiger partial charge in [0, 0.05) is 0 Å². The van der Waals surface area contributed by atoms with Gasteiger partial charge in [-0.3, -0.25) is 0 Å². The Balaban J connectivity index is -0.000000110. The zero-order valence-electron chi connectivity index (χ0n) is 14.8. The zero-order chi connectivity index (χ0) is 24.9. The molecule has 0 aliphatic carbocycles. The maximum atomic E-state index is 9.63. The van der Waals surface area contributed by atoms with Crippen molar-refractivity contribution in [2.75, 3.05) is 0 Å². The number of carbonyl (C=O) groups is 6. The van der Waals surface area contributed by atoms with Crippen LogP contribution in [0.2, 0.25) is 0 Å². The van der Waals surface area contributed by atoms with Gasteiger partial charge >= 0.3 is 34.1 Å². The van der Waals surface area contributed by atoms with Gasteiger partial charge in [0.2, 0.25) is 0 Å². The smallest absolute Gasteiger partial charge is 0.547 e. The number of hydrogen-bond acceptors (Lipinski definition) is 18. The number of hydrogen-bond donors (Lipinski definition) is 6. The molecular formula is C12H12Fe2O18. The molecule has 20 heteroatoms. The number of aliphatic hydroxyl groups excluding tert-OH is 6. The summed E-state index contributed by atoms with van der Waals surface area (Å²) in [4.78, 5) is 57.8. The van der Waals surface area contributed by atoms with Crippen molar-refractivity contribution in [2.24, 2.45) is 0 Å². The summed E-state index contributed by atoms with van der Waals surface area (Å²) in [6.45, 7) is 0. The molecule has 0 saturated carbocycles. The maximum Gasteiger partial charge on any atom is 3.00 e. The topological polar surface area (TPSA) is 362 Å². The largest absolute Gasteiger partial charge is 3.00 e. The molecule has 6 atom stereocenters. The molecular weight excluding hydrogens is 544 g/mol. The van der Waals surface area contributed by atoms with Gasteiger partial charge in [0.25, 0.3) is 0 Å². The number of carboxylic acids is 6. The van der Waals surface area contributed by atoms with Crippen molar-refractivity contribution in [3.8, 4) is 0 Å². The van der Waals surface area contributed by atoms with Crippen LogP contribution in [0.3, 0.4) is 0 Å². The average molecular weight is 556 g/mol. The van der Waals surface area contributed by atoms with Gasteiger partial charge in [0.15, 0.2) is 0 Å². The number of aliphatic carboxylic acids is 6. The van der Waals surface area contributed by atoms with E-state index in [2.05, 4.69) is 0 Å². The molecule has 0 spiro atoms. The molecule has 0 amide bonds. The van der Waals surface area contributed by atoms with Crippen LogP contribution in [0.15, 0.2) is 0 Å². The molecule has 18 nitrogen and oxygen atoms in total. The first-order chi connectivity index (χ1) is 13.4. The minimum absolute atomic E-state index is 0. The molecule has 0 rings (SSSR count). The van der Waals surface area contributed by atoms with E-state index in [1.807, 2.05) is 0 Å². The standard InChI is InChI=1S/3C4H6O6.2Fe/c3*5-1(3(7)8)2(6)4(9)10;;/h3*1-2,5-6H,(H,7,8)(H,9,10);;/q;;;2*+3/p-6/t3*1-,2+;;. The van der Waals surface area contributed by atoms with E-state index < -0.39 is 72.4 Å². The fraction of sp³-hybridized carbons (Fsp3) is 0.500. The van der Waals surface area contributed by atoms with Crippen molar-refractivity contribution in [2.45, 2.75) is 36.6 Å². The summed E-state index contributed by atoms with van der Waals surface area (Å²) in [5.74, 6) is -12.4. The minimum Gasteiger partial charge on any atom is -0.547 e. The third-order valence-electron chi connectivity index (χ3n) is 2.35. The molecule has 0 aromatic carbocycles. The van der Waals surface area contributed by atoms with Crippen LogP contribution >= 0.6 is 0 Å². The Morgan fingerprint density at radius 1 is 0.344 bits per heavy atom. The van der Waals surface area contributed by atoms with E-state index in [0.29, 0.717) is 0 Å². The predicted molar refractivity (Wildman–Crippen MR) is 66.1 cm³/mol. The van der Waals surface area contributed by atoms with Crippen molar-refractivity contribution in [1.82, 2.24) is 0 Å². The van der Waals surface area contributed by atoms with E-state index in [9.17, 15) is 59.4 Å². The monoisotopic (exact) mass is 556 g/mol. The van der Waals surface area contributed by atoms with E-state index in [1.54, 1.807) is 0 Å². The molecule has 0 bridgehead atoms. The van der Waals surface area contributed by atoms with Crippen LogP contribution < -0.4 is 30.6 Å². The second kappa shape index (κ2) is 19.3. The summed E-state index contributed by atoms with van der Waals surface area (Å²) in [5.41, 5.74) is 0. The van der Waals surface area contributed by atoms with Crippen LogP contribution in [-0.4, -0.2) is 103 Å². The normalized spacial score (nSPS) is 14.8. The van der Waals surface area contributed by atoms with E-state index in [1.165, 1.54) is 0 Å². The van der Waals surface area contributed by atoms with Crippen LogP contribution in [0.25, 0.3) is 0 Å². The van der Waals surface area contributed by atoms with Gasteiger partial charge in [-0.25, -0.2) is 0 Å². The quantitative estimate of drug-likeness (QED) is 0.144. The molecule has 2 radical (unpaired) electrons. The number of rotatable bonds is 9. The van der Waals surface area contributed by atoms with Crippen LogP contribution in [0.4, 0.5) is 0 Å². The van der Waals surface area contributed by atoms with Gasteiger partial charge in [-0.2, -0.15) is 0 Å². The van der Waals surface area contributed by atoms with Crippen LogP contribution in [0.5, 0.6) is 0 Å². The Labute approximate surface area is 196 Å². The molecule has 184 valence electrons. The second-order valence-corrected chi connectivity index (χ2v) is 4.58. The SMILES string of the molecule is O=C([O-])[C@@H](O)[C@@H](O)C(=O)[O-].O=C([O-])[C@@H](O)[C@@H](O)C(=O)[O-].O=C([O-])[C@@H](O)[C@@H](O)C(=O)[O-].[Fe+3].[Fe+3]. The average Bonchev–Trinajstić information content (AvgIpc) is 2.64. The molecule has 0 aliphatic heterocycles. The molecule has 0 unspecified atom stereocenters. The molecule has 0 saturated heterocycles. The van der Waals surface area contributed by atoms with Gasteiger partial charge < -0.3 is 90.0 Å². The summed E-state index contributed by atoms with van der Waals surface area (Å²) in [6, 6.07) is 0. The summed E-state index contributed by atoms with van der Waals surface area (Å²) in [7, 11) is 0. The van der Waals surface area contributed by atoms with Crippen molar-refractivity contribution >= 4 is 35.8 Å². The summed E-state index contributed by atoms with van der Waals surface area (Å²) in [6.07, 6.45) is -14.6. The van der Waals surface area contributed by atoms with Crippen molar-refractivity contribution in [3.05, 3.63) is 0 Å². The van der Waals surface area contributed by atoms with Gasteiger partial charge in [0.1, 0.15) is 36.6 Å². The van der Waals surface area contributed by atoms with Crippen LogP contribution in [0, 0.1) is 0 Å². The number of carboxylic acid groups (broad SMARTS) is 6. The van der Waals surface area contributed by atoms with Gasteiger partial charge in [0.05, 0.1) is 35.8 Å². The Morgan fingerprint density at radius 3 is 0.438 bits per heavy atom. The first kappa shape index (κ1) is 40.0. The first-order valence-corrected chi connectivity index (χ1v) is 6.73. The number of carbonyl (C=O) groups excluding carboxylic acids is 6. The van der Waals surface area contributed by atoms with E-state index in [-0.39, 0.29) is 34.1 Å².